The van der Waals surface area contributed by atoms with Gasteiger partial charge in [-0.15, -0.1) is 0 Å². The molecule has 0 heterocycles. The van der Waals surface area contributed by atoms with E-state index in [4.69, 9.17) is 5.73 Å². The predicted octanol–water partition coefficient (Wildman–Crippen LogP) is 2.74. The highest BCUT2D eigenvalue weighted by atomic mass is 19.1. The SMILES string of the molecule is CC(C)(CNC(=O)C[C@@H]1CCC[C@H]1N)c1cccc(F)c1. The molecule has 2 rings (SSSR count). The van der Waals surface area contributed by atoms with E-state index in [0.717, 1.165) is 24.8 Å². The second kappa shape index (κ2) is 6.56. The van der Waals surface area contributed by atoms with E-state index in [-0.39, 0.29) is 23.2 Å². The van der Waals surface area contributed by atoms with Crippen LogP contribution in [0.1, 0.15) is 45.1 Å². The average Bonchev–Trinajstić information content (AvgIpc) is 2.82. The highest BCUT2D eigenvalue weighted by Gasteiger charge is 2.27. The number of nitrogens with one attached hydrogen (secondary N) is 1. The van der Waals surface area contributed by atoms with Gasteiger partial charge in [0.2, 0.25) is 5.91 Å². The minimum Gasteiger partial charge on any atom is -0.355 e. The zero-order valence-electron chi connectivity index (χ0n) is 12.9. The minimum absolute atomic E-state index is 0.0434. The Morgan fingerprint density at radius 2 is 2.19 bits per heavy atom. The van der Waals surface area contributed by atoms with Crippen LogP contribution in [-0.4, -0.2) is 18.5 Å². The number of carbonyl (C=O) groups is 1. The van der Waals surface area contributed by atoms with E-state index in [1.165, 1.54) is 12.1 Å². The number of nitrogens with two attached hydrogens (primary N) is 1. The third kappa shape index (κ3) is 4.27. The molecule has 0 unspecified atom stereocenters. The molecule has 0 aromatic heterocycles. The van der Waals surface area contributed by atoms with Gasteiger partial charge in [-0.1, -0.05) is 32.4 Å². The fourth-order valence-corrected chi connectivity index (χ4v) is 2.96. The van der Waals surface area contributed by atoms with E-state index < -0.39 is 0 Å². The molecule has 0 spiro atoms. The summed E-state index contributed by atoms with van der Waals surface area (Å²) in [5.74, 6) is 0.105. The maximum atomic E-state index is 13.3. The summed E-state index contributed by atoms with van der Waals surface area (Å²) in [6.45, 7) is 4.50. The van der Waals surface area contributed by atoms with E-state index >= 15 is 0 Å². The minimum atomic E-state index is -0.296. The first-order valence-corrected chi connectivity index (χ1v) is 7.67. The quantitative estimate of drug-likeness (QED) is 0.876. The molecule has 1 aliphatic carbocycles. The molecule has 1 aromatic rings. The lowest BCUT2D eigenvalue weighted by atomic mass is 9.84. The van der Waals surface area contributed by atoms with Crippen molar-refractivity contribution in [2.45, 2.75) is 51.0 Å². The molecule has 0 radical (unpaired) electrons. The number of halogens is 1. The molecule has 3 N–H and O–H groups in total. The largest absolute Gasteiger partial charge is 0.355 e. The number of amides is 1. The van der Waals surface area contributed by atoms with Gasteiger partial charge in [0.1, 0.15) is 5.82 Å². The fraction of sp³-hybridized carbons (Fsp3) is 0.588. The van der Waals surface area contributed by atoms with Crippen molar-refractivity contribution in [1.29, 1.82) is 0 Å². The van der Waals surface area contributed by atoms with Crippen LogP contribution in [-0.2, 0) is 10.2 Å². The lowest BCUT2D eigenvalue weighted by molar-refractivity contribution is -0.122. The van der Waals surface area contributed by atoms with Crippen LogP contribution in [0.5, 0.6) is 0 Å². The molecular weight excluding hydrogens is 267 g/mol. The molecule has 2 atom stereocenters. The average molecular weight is 292 g/mol. The molecule has 1 saturated carbocycles. The normalized spacial score (nSPS) is 22.3. The monoisotopic (exact) mass is 292 g/mol. The van der Waals surface area contributed by atoms with E-state index in [2.05, 4.69) is 5.32 Å². The van der Waals surface area contributed by atoms with Crippen molar-refractivity contribution in [3.05, 3.63) is 35.6 Å². The highest BCUT2D eigenvalue weighted by molar-refractivity contribution is 5.76. The number of benzene rings is 1. The zero-order chi connectivity index (χ0) is 15.5. The molecule has 4 heteroatoms. The van der Waals surface area contributed by atoms with Crippen molar-refractivity contribution in [2.24, 2.45) is 11.7 Å². The van der Waals surface area contributed by atoms with Gasteiger partial charge >= 0.3 is 0 Å². The van der Waals surface area contributed by atoms with E-state index in [1.54, 1.807) is 6.07 Å². The maximum absolute atomic E-state index is 13.3. The third-order valence-electron chi connectivity index (χ3n) is 4.50. The molecule has 1 aromatic carbocycles. The highest BCUT2D eigenvalue weighted by Crippen LogP contribution is 2.27. The smallest absolute Gasteiger partial charge is 0.220 e. The Hall–Kier alpha value is -1.42. The molecule has 1 aliphatic rings. The topological polar surface area (TPSA) is 55.1 Å². The van der Waals surface area contributed by atoms with Gasteiger partial charge in [0.05, 0.1) is 0 Å². The molecule has 0 aliphatic heterocycles. The van der Waals surface area contributed by atoms with Crippen LogP contribution in [0.4, 0.5) is 4.39 Å². The van der Waals surface area contributed by atoms with Crippen LogP contribution in [0.2, 0.25) is 0 Å². The standard InChI is InChI=1S/C17H25FN2O/c1-17(2,13-6-4-7-14(18)10-13)11-20-16(21)9-12-5-3-8-15(12)19/h4,6-7,10,12,15H,3,5,8-9,11,19H2,1-2H3,(H,20,21)/t12-,15+/m0/s1. The van der Waals surface area contributed by atoms with Crippen molar-refractivity contribution in [1.82, 2.24) is 5.32 Å². The first-order valence-electron chi connectivity index (χ1n) is 7.67. The van der Waals surface area contributed by atoms with Gasteiger partial charge in [-0.3, -0.25) is 4.79 Å². The fourth-order valence-electron chi connectivity index (χ4n) is 2.96. The maximum Gasteiger partial charge on any atom is 0.220 e. The van der Waals surface area contributed by atoms with Crippen LogP contribution < -0.4 is 11.1 Å². The van der Waals surface area contributed by atoms with Gasteiger partial charge in [0.15, 0.2) is 0 Å². The number of hydrogen-bond donors (Lipinski definition) is 2. The van der Waals surface area contributed by atoms with Crippen molar-refractivity contribution in [3.63, 3.8) is 0 Å². The number of hydrogen-bond acceptors (Lipinski definition) is 2. The van der Waals surface area contributed by atoms with Gasteiger partial charge in [-0.25, -0.2) is 4.39 Å². The molecule has 0 bridgehead atoms. The Bertz CT molecular complexity index is 501. The van der Waals surface area contributed by atoms with Crippen molar-refractivity contribution in [2.75, 3.05) is 6.54 Å². The summed E-state index contributed by atoms with van der Waals surface area (Å²) in [5.41, 5.74) is 6.59. The van der Waals surface area contributed by atoms with Gasteiger partial charge in [-0.2, -0.15) is 0 Å². The van der Waals surface area contributed by atoms with E-state index in [9.17, 15) is 9.18 Å². The van der Waals surface area contributed by atoms with Gasteiger partial charge in [0.25, 0.3) is 0 Å². The Kier molecular flexibility index (Phi) is 4.99. The Balaban J connectivity index is 1.87. The van der Waals surface area contributed by atoms with Gasteiger partial charge in [0, 0.05) is 24.4 Å². The lowest BCUT2D eigenvalue weighted by Crippen LogP contribution is -2.38. The summed E-state index contributed by atoms with van der Waals surface area (Å²) < 4.78 is 13.3. The van der Waals surface area contributed by atoms with Gasteiger partial charge < -0.3 is 11.1 Å². The summed E-state index contributed by atoms with van der Waals surface area (Å²) in [4.78, 5) is 12.0. The van der Waals surface area contributed by atoms with Crippen molar-refractivity contribution in [3.8, 4) is 0 Å². The summed E-state index contributed by atoms with van der Waals surface area (Å²) in [6, 6.07) is 6.71. The van der Waals surface area contributed by atoms with Crippen LogP contribution in [0.15, 0.2) is 24.3 Å². The first kappa shape index (κ1) is 16.0. The van der Waals surface area contributed by atoms with Crippen molar-refractivity contribution < 1.29 is 9.18 Å². The van der Waals surface area contributed by atoms with Crippen LogP contribution in [0.3, 0.4) is 0 Å². The molecule has 1 amide bonds. The second-order valence-electron chi connectivity index (χ2n) is 6.73. The molecule has 3 nitrogen and oxygen atoms in total. The Morgan fingerprint density at radius 3 is 2.81 bits per heavy atom. The van der Waals surface area contributed by atoms with Crippen LogP contribution in [0, 0.1) is 11.7 Å². The third-order valence-corrected chi connectivity index (χ3v) is 4.50. The zero-order valence-corrected chi connectivity index (χ0v) is 12.9. The number of carbonyl (C=O) groups excluding carboxylic acids is 1. The van der Waals surface area contributed by atoms with Crippen molar-refractivity contribution >= 4 is 5.91 Å². The first-order chi connectivity index (χ1) is 9.88. The Labute approximate surface area is 126 Å². The van der Waals surface area contributed by atoms with E-state index in [0.29, 0.717) is 18.9 Å². The second-order valence-corrected chi connectivity index (χ2v) is 6.73. The van der Waals surface area contributed by atoms with E-state index in [1.807, 2.05) is 19.9 Å². The summed E-state index contributed by atoms with van der Waals surface area (Å²) in [6.07, 6.45) is 3.68. The molecule has 0 saturated heterocycles. The predicted molar refractivity (Wildman–Crippen MR) is 82.4 cm³/mol. The Morgan fingerprint density at radius 1 is 1.43 bits per heavy atom. The number of rotatable bonds is 5. The summed E-state index contributed by atoms with van der Waals surface area (Å²) in [7, 11) is 0. The molecule has 21 heavy (non-hydrogen) atoms. The summed E-state index contributed by atoms with van der Waals surface area (Å²) >= 11 is 0. The molecule has 1 fully saturated rings. The van der Waals surface area contributed by atoms with Gasteiger partial charge in [-0.05, 0) is 36.5 Å². The lowest BCUT2D eigenvalue weighted by Gasteiger charge is -2.26. The summed E-state index contributed by atoms with van der Waals surface area (Å²) in [5, 5.41) is 2.97. The van der Waals surface area contributed by atoms with Crippen LogP contribution in [0.25, 0.3) is 0 Å². The molecule has 116 valence electrons. The van der Waals surface area contributed by atoms with Crippen LogP contribution >= 0.6 is 0 Å². The molecular formula is C17H25FN2O.